The van der Waals surface area contributed by atoms with Crippen molar-refractivity contribution in [3.05, 3.63) is 146 Å². The Morgan fingerprint density at radius 3 is 1.16 bits per heavy atom. The lowest BCUT2D eigenvalue weighted by atomic mass is 9.99. The van der Waals surface area contributed by atoms with E-state index in [4.69, 9.17) is 29.4 Å². The average Bonchev–Trinajstić information content (AvgIpc) is 3.20. The molecule has 0 atom stereocenters. The molecule has 0 spiro atoms. The van der Waals surface area contributed by atoms with Crippen LogP contribution < -0.4 is 9.47 Å². The summed E-state index contributed by atoms with van der Waals surface area (Å²) in [6.07, 6.45) is 0. The highest BCUT2D eigenvalue weighted by atomic mass is 16.5. The molecule has 0 bridgehead atoms. The monoisotopic (exact) mass is 646 g/mol. The van der Waals surface area contributed by atoms with Crippen LogP contribution in [0, 0.1) is 0 Å². The number of ether oxygens (including phenoxy) is 2. The average molecular weight is 647 g/mol. The quantitative estimate of drug-likeness (QED) is 0.167. The van der Waals surface area contributed by atoms with Gasteiger partial charge in [-0.25, -0.2) is 19.9 Å². The summed E-state index contributed by atoms with van der Waals surface area (Å²) in [5, 5.41) is 4.10. The number of hydrogen-bond acceptors (Lipinski definition) is 6. The van der Waals surface area contributed by atoms with E-state index in [2.05, 4.69) is 97.1 Å². The van der Waals surface area contributed by atoms with E-state index in [0.717, 1.165) is 88.4 Å². The van der Waals surface area contributed by atoms with E-state index in [1.54, 1.807) is 14.2 Å². The summed E-state index contributed by atoms with van der Waals surface area (Å²) in [5.74, 6) is 1.11. The molecule has 0 amide bonds. The summed E-state index contributed by atoms with van der Waals surface area (Å²) < 4.78 is 11.3. The van der Waals surface area contributed by atoms with E-state index in [0.29, 0.717) is 11.8 Å². The van der Waals surface area contributed by atoms with Crippen LogP contribution in [0.2, 0.25) is 0 Å². The fourth-order valence-electron chi connectivity index (χ4n) is 6.75. The van der Waals surface area contributed by atoms with E-state index < -0.39 is 0 Å². The van der Waals surface area contributed by atoms with Crippen molar-refractivity contribution in [3.63, 3.8) is 0 Å². The lowest BCUT2D eigenvalue weighted by Crippen LogP contribution is -1.95. The normalized spacial score (nSPS) is 11.4. The number of benzene rings is 5. The predicted molar refractivity (Wildman–Crippen MR) is 202 cm³/mol. The molecule has 0 saturated carbocycles. The van der Waals surface area contributed by atoms with Crippen molar-refractivity contribution in [1.82, 2.24) is 19.9 Å². The first-order valence-electron chi connectivity index (χ1n) is 16.5. The molecule has 238 valence electrons. The number of rotatable bonds is 6. The number of nitrogens with zero attached hydrogens (tertiary/aromatic N) is 4. The third kappa shape index (κ3) is 5.06. The van der Waals surface area contributed by atoms with Gasteiger partial charge in [0, 0.05) is 44.8 Å². The Kier molecular flexibility index (Phi) is 7.13. The van der Waals surface area contributed by atoms with Gasteiger partial charge in [-0.05, 0) is 34.4 Å². The standard InChI is InChI=1S/C44H30N4O2/c1-49-39-25-35(27-9-5-3-6-10-27)33-21-17-31-19-23-37(45-41(31)43(33)47-39)29-13-15-30(16-14-29)38-24-20-32-18-22-34-36(28-11-7-4-8-12-28)26-40(50-2)48-44(34)42(32)46-38/h3-26H,1-2H3. The van der Waals surface area contributed by atoms with Gasteiger partial charge in [0.15, 0.2) is 0 Å². The summed E-state index contributed by atoms with van der Waals surface area (Å²) in [7, 11) is 3.30. The predicted octanol–water partition coefficient (Wildman–Crippen LogP) is 10.6. The lowest BCUT2D eigenvalue weighted by Gasteiger charge is -2.12. The zero-order valence-corrected chi connectivity index (χ0v) is 27.5. The summed E-state index contributed by atoms with van der Waals surface area (Å²) in [6.45, 7) is 0. The van der Waals surface area contributed by atoms with E-state index in [9.17, 15) is 0 Å². The van der Waals surface area contributed by atoms with E-state index in [-0.39, 0.29) is 0 Å². The fourth-order valence-corrected chi connectivity index (χ4v) is 6.75. The van der Waals surface area contributed by atoms with Crippen LogP contribution in [-0.4, -0.2) is 34.2 Å². The van der Waals surface area contributed by atoms with Gasteiger partial charge in [0.05, 0.1) is 36.6 Å². The molecule has 0 fully saturated rings. The van der Waals surface area contributed by atoms with Crippen LogP contribution in [0.1, 0.15) is 0 Å². The molecule has 0 aliphatic carbocycles. The molecule has 0 unspecified atom stereocenters. The summed E-state index contributed by atoms with van der Waals surface area (Å²) in [5.41, 5.74) is 11.4. The second-order valence-electron chi connectivity index (χ2n) is 12.2. The maximum Gasteiger partial charge on any atom is 0.214 e. The van der Waals surface area contributed by atoms with Crippen molar-refractivity contribution in [2.45, 2.75) is 0 Å². The Balaban J connectivity index is 1.12. The first-order valence-corrected chi connectivity index (χ1v) is 16.5. The molecule has 5 aromatic carbocycles. The lowest BCUT2D eigenvalue weighted by molar-refractivity contribution is 0.399. The molecular weight excluding hydrogens is 617 g/mol. The minimum absolute atomic E-state index is 0.556. The van der Waals surface area contributed by atoms with Crippen molar-refractivity contribution in [2.24, 2.45) is 0 Å². The van der Waals surface area contributed by atoms with Gasteiger partial charge in [-0.1, -0.05) is 121 Å². The highest BCUT2D eigenvalue weighted by molar-refractivity contribution is 6.10. The van der Waals surface area contributed by atoms with Crippen LogP contribution in [0.3, 0.4) is 0 Å². The minimum Gasteiger partial charge on any atom is -0.481 e. The number of hydrogen-bond donors (Lipinski definition) is 0. The van der Waals surface area contributed by atoms with Gasteiger partial charge in [0.25, 0.3) is 0 Å². The van der Waals surface area contributed by atoms with Crippen LogP contribution in [0.5, 0.6) is 11.8 Å². The Bertz CT molecular complexity index is 2520. The Labute approximate surface area is 288 Å². The maximum atomic E-state index is 5.64. The van der Waals surface area contributed by atoms with Crippen molar-refractivity contribution in [3.8, 4) is 56.5 Å². The van der Waals surface area contributed by atoms with Crippen molar-refractivity contribution >= 4 is 43.6 Å². The van der Waals surface area contributed by atoms with Crippen molar-refractivity contribution < 1.29 is 9.47 Å². The molecule has 0 aliphatic heterocycles. The van der Waals surface area contributed by atoms with Gasteiger partial charge in [-0.3, -0.25) is 0 Å². The smallest absolute Gasteiger partial charge is 0.214 e. The van der Waals surface area contributed by atoms with Gasteiger partial charge in [0.2, 0.25) is 11.8 Å². The molecule has 0 N–H and O–H groups in total. The third-order valence-electron chi connectivity index (χ3n) is 9.30. The van der Waals surface area contributed by atoms with Crippen LogP contribution in [0.4, 0.5) is 0 Å². The van der Waals surface area contributed by atoms with Gasteiger partial charge in [0.1, 0.15) is 11.0 Å². The van der Waals surface area contributed by atoms with Gasteiger partial charge in [-0.15, -0.1) is 0 Å². The topological polar surface area (TPSA) is 70.0 Å². The zero-order chi connectivity index (χ0) is 33.6. The molecule has 0 radical (unpaired) electrons. The van der Waals surface area contributed by atoms with Gasteiger partial charge < -0.3 is 9.47 Å². The first-order chi connectivity index (χ1) is 24.7. The summed E-state index contributed by atoms with van der Waals surface area (Å²) in [4.78, 5) is 20.1. The van der Waals surface area contributed by atoms with Gasteiger partial charge >= 0.3 is 0 Å². The molecular formula is C44H30N4O2. The van der Waals surface area contributed by atoms with Crippen molar-refractivity contribution in [2.75, 3.05) is 14.2 Å². The molecule has 50 heavy (non-hydrogen) atoms. The van der Waals surface area contributed by atoms with Gasteiger partial charge in [-0.2, -0.15) is 0 Å². The molecule has 9 aromatic rings. The van der Waals surface area contributed by atoms with Crippen LogP contribution >= 0.6 is 0 Å². The highest BCUT2D eigenvalue weighted by Gasteiger charge is 2.15. The molecule has 4 aromatic heterocycles. The second-order valence-corrected chi connectivity index (χ2v) is 12.2. The first kappa shape index (κ1) is 29.5. The number of pyridine rings is 4. The summed E-state index contributed by atoms with van der Waals surface area (Å²) in [6, 6.07) is 49.8. The van der Waals surface area contributed by atoms with Crippen LogP contribution in [-0.2, 0) is 0 Å². The van der Waals surface area contributed by atoms with E-state index in [1.807, 2.05) is 48.5 Å². The van der Waals surface area contributed by atoms with Crippen LogP contribution in [0.15, 0.2) is 146 Å². The number of fused-ring (bicyclic) bond motifs is 6. The summed E-state index contributed by atoms with van der Waals surface area (Å²) >= 11 is 0. The number of aromatic nitrogens is 4. The molecule has 0 aliphatic rings. The Morgan fingerprint density at radius 2 is 0.760 bits per heavy atom. The minimum atomic E-state index is 0.556. The zero-order valence-electron chi connectivity index (χ0n) is 27.5. The molecule has 9 rings (SSSR count). The highest BCUT2D eigenvalue weighted by Crippen LogP contribution is 2.37. The van der Waals surface area contributed by atoms with Crippen LogP contribution in [0.25, 0.3) is 88.4 Å². The molecule has 0 saturated heterocycles. The molecule has 6 nitrogen and oxygen atoms in total. The van der Waals surface area contributed by atoms with E-state index >= 15 is 0 Å². The molecule has 4 heterocycles. The SMILES string of the molecule is COc1cc(-c2ccccc2)c2ccc3ccc(-c4ccc(-c5ccc6ccc7c(-c8ccccc8)cc(OC)nc7c6n5)cc4)nc3c2n1. The Morgan fingerprint density at radius 1 is 0.360 bits per heavy atom. The maximum absolute atomic E-state index is 5.64. The van der Waals surface area contributed by atoms with E-state index in [1.165, 1.54) is 0 Å². The largest absolute Gasteiger partial charge is 0.481 e. The number of methoxy groups -OCH3 is 2. The Hall–Kier alpha value is -6.66. The van der Waals surface area contributed by atoms with Crippen molar-refractivity contribution in [1.29, 1.82) is 0 Å². The molecule has 6 heteroatoms. The second kappa shape index (κ2) is 12.1. The third-order valence-corrected chi connectivity index (χ3v) is 9.30. The fraction of sp³-hybridized carbons (Fsp3) is 0.0455.